The summed E-state index contributed by atoms with van der Waals surface area (Å²) in [7, 11) is 3.27. The first-order chi connectivity index (χ1) is 11.6. The minimum atomic E-state index is -0.602. The quantitative estimate of drug-likeness (QED) is 0.752. The number of nitrogens with one attached hydrogen (secondary N) is 2. The largest absolute Gasteiger partial charge is 0.493 e. The Morgan fingerprint density at radius 2 is 2.08 bits per heavy atom. The van der Waals surface area contributed by atoms with Crippen molar-refractivity contribution in [3.05, 3.63) is 47.7 Å². The van der Waals surface area contributed by atoms with E-state index in [9.17, 15) is 5.11 Å². The molecule has 2 aliphatic heterocycles. The van der Waals surface area contributed by atoms with Crippen molar-refractivity contribution in [1.82, 2.24) is 15.5 Å². The zero-order valence-electron chi connectivity index (χ0n) is 14.4. The third-order valence-electron chi connectivity index (χ3n) is 4.73. The molecule has 1 saturated heterocycles. The molecule has 2 atom stereocenters. The zero-order chi connectivity index (χ0) is 17.2. The van der Waals surface area contributed by atoms with Crippen LogP contribution in [-0.4, -0.2) is 50.2 Å². The summed E-state index contributed by atoms with van der Waals surface area (Å²) in [6.07, 6.45) is 5.23. The van der Waals surface area contributed by atoms with E-state index < -0.39 is 6.23 Å². The maximum Gasteiger partial charge on any atom is 0.161 e. The molecule has 24 heavy (non-hydrogen) atoms. The monoisotopic (exact) mass is 331 g/mol. The molecular formula is C18H25N3O3. The maximum atomic E-state index is 10.5. The van der Waals surface area contributed by atoms with Crippen LogP contribution < -0.4 is 20.1 Å². The fraction of sp³-hybridized carbons (Fsp3) is 0.444. The van der Waals surface area contributed by atoms with Gasteiger partial charge in [0.1, 0.15) is 6.23 Å². The number of hydrogen-bond donors (Lipinski definition) is 3. The number of nitrogens with zero attached hydrogens (tertiary/aromatic N) is 1. The fourth-order valence-corrected chi connectivity index (χ4v) is 3.30. The number of rotatable bonds is 5. The molecule has 3 rings (SSSR count). The van der Waals surface area contributed by atoms with Gasteiger partial charge in [-0.15, -0.1) is 0 Å². The molecule has 0 radical (unpaired) electrons. The van der Waals surface area contributed by atoms with Gasteiger partial charge in [-0.25, -0.2) is 0 Å². The van der Waals surface area contributed by atoms with Crippen molar-refractivity contribution >= 4 is 0 Å². The molecular weight excluding hydrogens is 306 g/mol. The third-order valence-corrected chi connectivity index (χ3v) is 4.73. The van der Waals surface area contributed by atoms with Crippen LogP contribution in [0.25, 0.3) is 0 Å². The Bertz CT molecular complexity index is 651. The summed E-state index contributed by atoms with van der Waals surface area (Å²) in [6.45, 7) is 4.06. The van der Waals surface area contributed by atoms with E-state index in [2.05, 4.69) is 10.6 Å². The maximum absolute atomic E-state index is 10.5. The lowest BCUT2D eigenvalue weighted by Gasteiger charge is -2.38. The molecule has 0 amide bonds. The topological polar surface area (TPSA) is 66.0 Å². The number of hydrogen-bond acceptors (Lipinski definition) is 6. The molecule has 2 heterocycles. The second-order valence-corrected chi connectivity index (χ2v) is 6.23. The van der Waals surface area contributed by atoms with Crippen LogP contribution in [0.3, 0.4) is 0 Å². The van der Waals surface area contributed by atoms with Gasteiger partial charge in [0.25, 0.3) is 0 Å². The van der Waals surface area contributed by atoms with Crippen molar-refractivity contribution in [2.24, 2.45) is 0 Å². The van der Waals surface area contributed by atoms with E-state index in [1.807, 2.05) is 48.4 Å². The highest BCUT2D eigenvalue weighted by atomic mass is 16.5. The number of ether oxygens (including phenoxy) is 2. The molecule has 1 aromatic rings. The van der Waals surface area contributed by atoms with Crippen molar-refractivity contribution in [2.45, 2.75) is 18.7 Å². The molecule has 0 spiro atoms. The van der Waals surface area contributed by atoms with Crippen molar-refractivity contribution in [2.75, 3.05) is 34.0 Å². The van der Waals surface area contributed by atoms with Crippen LogP contribution in [-0.2, 0) is 5.54 Å². The SMILES string of the molecule is COc1ccc(C2(CN3C=CC=C(C)C3O)CNCN2)cc1OC. The minimum Gasteiger partial charge on any atom is -0.493 e. The molecule has 1 fully saturated rings. The second kappa shape index (κ2) is 6.84. The van der Waals surface area contributed by atoms with E-state index in [0.717, 1.165) is 24.4 Å². The van der Waals surface area contributed by atoms with Crippen LogP contribution in [0.1, 0.15) is 12.5 Å². The zero-order valence-corrected chi connectivity index (χ0v) is 14.4. The summed E-state index contributed by atoms with van der Waals surface area (Å²) in [4.78, 5) is 1.95. The van der Waals surface area contributed by atoms with Crippen LogP contribution in [0.2, 0.25) is 0 Å². The third kappa shape index (κ3) is 3.00. The number of benzene rings is 1. The Balaban J connectivity index is 1.92. The van der Waals surface area contributed by atoms with E-state index in [4.69, 9.17) is 9.47 Å². The van der Waals surface area contributed by atoms with E-state index in [0.29, 0.717) is 18.0 Å². The summed E-state index contributed by atoms with van der Waals surface area (Å²) in [6, 6.07) is 5.97. The Morgan fingerprint density at radius 3 is 2.75 bits per heavy atom. The highest BCUT2D eigenvalue weighted by Gasteiger charge is 2.38. The van der Waals surface area contributed by atoms with E-state index in [1.54, 1.807) is 14.2 Å². The van der Waals surface area contributed by atoms with Gasteiger partial charge >= 0.3 is 0 Å². The average molecular weight is 331 g/mol. The number of allylic oxidation sites excluding steroid dienone is 2. The molecule has 0 saturated carbocycles. The molecule has 0 aromatic heterocycles. The Hall–Kier alpha value is -2.02. The van der Waals surface area contributed by atoms with Crippen molar-refractivity contribution < 1.29 is 14.6 Å². The van der Waals surface area contributed by atoms with E-state index in [-0.39, 0.29) is 5.54 Å². The summed E-state index contributed by atoms with van der Waals surface area (Å²) in [5.74, 6) is 1.41. The molecule has 130 valence electrons. The van der Waals surface area contributed by atoms with Gasteiger partial charge < -0.3 is 24.8 Å². The minimum absolute atomic E-state index is 0.317. The van der Waals surface area contributed by atoms with Gasteiger partial charge in [0.15, 0.2) is 11.5 Å². The van der Waals surface area contributed by atoms with Gasteiger partial charge in [0.05, 0.1) is 19.8 Å². The van der Waals surface area contributed by atoms with Crippen molar-refractivity contribution in [3.8, 4) is 11.5 Å². The van der Waals surface area contributed by atoms with Gasteiger partial charge in [-0.1, -0.05) is 12.1 Å². The highest BCUT2D eigenvalue weighted by Crippen LogP contribution is 2.34. The number of aliphatic hydroxyl groups is 1. The average Bonchev–Trinajstić information content (AvgIpc) is 3.08. The first kappa shape index (κ1) is 16.8. The predicted molar refractivity (Wildman–Crippen MR) is 92.8 cm³/mol. The standard InChI is InChI=1S/C18H25N3O3/c1-13-5-4-8-21(17(13)22)11-18(10-19-12-20-18)14-6-7-15(23-2)16(9-14)24-3/h4-9,17,19-20,22H,10-12H2,1-3H3. The van der Waals surface area contributed by atoms with Crippen LogP contribution in [0, 0.1) is 0 Å². The Labute approximate surface area is 142 Å². The van der Waals surface area contributed by atoms with Crippen LogP contribution in [0.5, 0.6) is 11.5 Å². The summed E-state index contributed by atoms with van der Waals surface area (Å²) in [5.41, 5.74) is 1.71. The fourth-order valence-electron chi connectivity index (χ4n) is 3.30. The van der Waals surface area contributed by atoms with Crippen LogP contribution >= 0.6 is 0 Å². The molecule has 1 aromatic carbocycles. The molecule has 0 aliphatic carbocycles. The van der Waals surface area contributed by atoms with Gasteiger partial charge in [-0.3, -0.25) is 5.32 Å². The highest BCUT2D eigenvalue weighted by molar-refractivity contribution is 5.45. The Kier molecular flexibility index (Phi) is 4.80. The first-order valence-corrected chi connectivity index (χ1v) is 8.07. The van der Waals surface area contributed by atoms with Gasteiger partial charge in [-0.05, 0) is 36.3 Å². The predicted octanol–water partition coefficient (Wildman–Crippen LogP) is 1.14. The smallest absolute Gasteiger partial charge is 0.161 e. The van der Waals surface area contributed by atoms with E-state index >= 15 is 0 Å². The second-order valence-electron chi connectivity index (χ2n) is 6.23. The lowest BCUT2D eigenvalue weighted by molar-refractivity contribution is 0.0488. The van der Waals surface area contributed by atoms with Crippen LogP contribution in [0.15, 0.2) is 42.1 Å². The van der Waals surface area contributed by atoms with Gasteiger partial charge in [0, 0.05) is 26.0 Å². The van der Waals surface area contributed by atoms with Crippen molar-refractivity contribution in [1.29, 1.82) is 0 Å². The molecule has 2 aliphatic rings. The summed E-state index contributed by atoms with van der Waals surface area (Å²) in [5, 5.41) is 17.4. The normalized spacial score (nSPS) is 26.4. The number of methoxy groups -OCH3 is 2. The molecule has 6 nitrogen and oxygen atoms in total. The van der Waals surface area contributed by atoms with Gasteiger partial charge in [0.2, 0.25) is 0 Å². The van der Waals surface area contributed by atoms with Gasteiger partial charge in [-0.2, -0.15) is 0 Å². The molecule has 0 bridgehead atoms. The molecule has 6 heteroatoms. The Morgan fingerprint density at radius 1 is 1.29 bits per heavy atom. The lowest BCUT2D eigenvalue weighted by atomic mass is 9.89. The van der Waals surface area contributed by atoms with E-state index in [1.165, 1.54) is 0 Å². The molecule has 2 unspecified atom stereocenters. The van der Waals surface area contributed by atoms with Crippen LogP contribution in [0.4, 0.5) is 0 Å². The number of aliphatic hydroxyl groups excluding tert-OH is 1. The first-order valence-electron chi connectivity index (χ1n) is 8.07. The summed E-state index contributed by atoms with van der Waals surface area (Å²) >= 11 is 0. The lowest BCUT2D eigenvalue weighted by Crippen LogP contribution is -2.51. The molecule has 3 N–H and O–H groups in total. The summed E-state index contributed by atoms with van der Waals surface area (Å²) < 4.78 is 10.8. The van der Waals surface area contributed by atoms with Crippen molar-refractivity contribution in [3.63, 3.8) is 0 Å².